The van der Waals surface area contributed by atoms with Gasteiger partial charge in [0.15, 0.2) is 5.65 Å². The van der Waals surface area contributed by atoms with Crippen molar-refractivity contribution in [2.45, 2.75) is 45.8 Å². The smallest absolute Gasteiger partial charge is 0.255 e. The monoisotopic (exact) mass is 412 g/mol. The number of nitrogens with zero attached hydrogens (tertiary/aromatic N) is 3. The number of rotatable bonds is 8. The summed E-state index contributed by atoms with van der Waals surface area (Å²) in [5.74, 6) is -0.130. The molecule has 1 amide bonds. The third-order valence-corrected chi connectivity index (χ3v) is 5.63. The maximum Gasteiger partial charge on any atom is 0.255 e. The summed E-state index contributed by atoms with van der Waals surface area (Å²) < 4.78 is 8.25. The second-order valence-corrected chi connectivity index (χ2v) is 13.4. The highest BCUT2D eigenvalue weighted by Gasteiger charge is 2.18. The van der Waals surface area contributed by atoms with E-state index in [1.54, 1.807) is 12.4 Å². The average molecular weight is 413 g/mol. The summed E-state index contributed by atoms with van der Waals surface area (Å²) in [6.45, 7) is 10.7. The van der Waals surface area contributed by atoms with Gasteiger partial charge in [0.2, 0.25) is 0 Å². The predicted octanol–water partition coefficient (Wildman–Crippen LogP) is 3.65. The van der Waals surface area contributed by atoms with Gasteiger partial charge in [-0.2, -0.15) is 0 Å². The van der Waals surface area contributed by atoms with Crippen molar-refractivity contribution in [3.8, 4) is 0 Å². The molecule has 24 heavy (non-hydrogen) atoms. The highest BCUT2D eigenvalue weighted by Crippen LogP contribution is 2.20. The Hall–Kier alpha value is -1.25. The van der Waals surface area contributed by atoms with Gasteiger partial charge in [-0.15, -0.1) is 0 Å². The summed E-state index contributed by atoms with van der Waals surface area (Å²) in [6.07, 6.45) is 4.30. The van der Waals surface area contributed by atoms with Crippen LogP contribution in [0.25, 0.3) is 11.2 Å². The molecule has 2 heterocycles. The van der Waals surface area contributed by atoms with E-state index in [0.29, 0.717) is 34.6 Å². The van der Waals surface area contributed by atoms with Gasteiger partial charge in [0.25, 0.3) is 5.91 Å². The van der Waals surface area contributed by atoms with Crippen LogP contribution < -0.4 is 5.32 Å². The maximum atomic E-state index is 12.4. The van der Waals surface area contributed by atoms with Gasteiger partial charge in [-0.05, 0) is 28.4 Å². The number of hydrogen-bond acceptors (Lipinski definition) is 4. The molecule has 0 fully saturated rings. The molecule has 8 heteroatoms. The zero-order chi connectivity index (χ0) is 17.7. The second kappa shape index (κ2) is 8.22. The van der Waals surface area contributed by atoms with Crippen LogP contribution in [0.15, 0.2) is 17.0 Å². The SMILES string of the molecule is CCCNC(=O)c1cn(COCC[Si](C)(C)C)c2ncc(Br)nc12. The molecular weight excluding hydrogens is 388 g/mol. The van der Waals surface area contributed by atoms with Crippen molar-refractivity contribution in [3.05, 3.63) is 22.6 Å². The van der Waals surface area contributed by atoms with E-state index in [-0.39, 0.29) is 5.91 Å². The number of carbonyl (C=O) groups is 1. The molecule has 132 valence electrons. The summed E-state index contributed by atoms with van der Waals surface area (Å²) >= 11 is 3.32. The number of hydrogen-bond donors (Lipinski definition) is 1. The van der Waals surface area contributed by atoms with E-state index in [0.717, 1.165) is 19.1 Å². The average Bonchev–Trinajstić information content (AvgIpc) is 2.86. The fourth-order valence-corrected chi connectivity index (χ4v) is 3.21. The first kappa shape index (κ1) is 19.1. The molecule has 0 spiro atoms. The predicted molar refractivity (Wildman–Crippen MR) is 102 cm³/mol. The lowest BCUT2D eigenvalue weighted by Gasteiger charge is -2.15. The summed E-state index contributed by atoms with van der Waals surface area (Å²) in [4.78, 5) is 21.2. The number of nitrogens with one attached hydrogen (secondary N) is 1. The highest BCUT2D eigenvalue weighted by atomic mass is 79.9. The zero-order valence-electron chi connectivity index (χ0n) is 14.7. The quantitative estimate of drug-likeness (QED) is 0.530. The Morgan fingerprint density at radius 2 is 2.17 bits per heavy atom. The highest BCUT2D eigenvalue weighted by molar-refractivity contribution is 9.10. The van der Waals surface area contributed by atoms with E-state index >= 15 is 0 Å². The molecule has 0 radical (unpaired) electrons. The minimum atomic E-state index is -1.12. The van der Waals surface area contributed by atoms with E-state index in [1.165, 1.54) is 0 Å². The van der Waals surface area contributed by atoms with Crippen molar-refractivity contribution in [1.29, 1.82) is 0 Å². The minimum Gasteiger partial charge on any atom is -0.361 e. The number of amides is 1. The van der Waals surface area contributed by atoms with Crippen LogP contribution in [-0.2, 0) is 11.5 Å². The number of ether oxygens (including phenoxy) is 1. The fraction of sp³-hybridized carbons (Fsp3) is 0.562. The van der Waals surface area contributed by atoms with E-state index in [4.69, 9.17) is 4.74 Å². The van der Waals surface area contributed by atoms with Crippen LogP contribution in [-0.4, -0.2) is 41.7 Å². The molecule has 6 nitrogen and oxygen atoms in total. The van der Waals surface area contributed by atoms with Crippen molar-refractivity contribution < 1.29 is 9.53 Å². The Kier molecular flexibility index (Phi) is 6.53. The fourth-order valence-electron chi connectivity index (χ4n) is 2.17. The van der Waals surface area contributed by atoms with E-state index in [2.05, 4.69) is 50.9 Å². The lowest BCUT2D eigenvalue weighted by atomic mass is 10.3. The Bertz CT molecular complexity index is 712. The summed E-state index contributed by atoms with van der Waals surface area (Å²) in [5, 5.41) is 2.89. The molecule has 2 rings (SSSR count). The molecule has 0 bridgehead atoms. The zero-order valence-corrected chi connectivity index (χ0v) is 17.3. The number of aromatic nitrogens is 3. The van der Waals surface area contributed by atoms with Gasteiger partial charge in [0.1, 0.15) is 16.9 Å². The van der Waals surface area contributed by atoms with E-state index < -0.39 is 8.07 Å². The molecular formula is C16H25BrN4O2Si. The Balaban J connectivity index is 2.19. The van der Waals surface area contributed by atoms with Crippen molar-refractivity contribution in [1.82, 2.24) is 19.9 Å². The van der Waals surface area contributed by atoms with Crippen molar-refractivity contribution in [3.63, 3.8) is 0 Å². The van der Waals surface area contributed by atoms with Gasteiger partial charge >= 0.3 is 0 Å². The second-order valence-electron chi connectivity index (χ2n) is 6.98. The van der Waals surface area contributed by atoms with E-state index in [1.807, 2.05) is 11.5 Å². The number of halogens is 1. The number of carbonyl (C=O) groups excluding carboxylic acids is 1. The molecule has 0 saturated carbocycles. The van der Waals surface area contributed by atoms with Gasteiger partial charge in [-0.25, -0.2) is 9.97 Å². The van der Waals surface area contributed by atoms with Gasteiger partial charge < -0.3 is 14.6 Å². The van der Waals surface area contributed by atoms with Crippen LogP contribution in [0.5, 0.6) is 0 Å². The van der Waals surface area contributed by atoms with Gasteiger partial charge in [0.05, 0.1) is 11.8 Å². The molecule has 0 aliphatic carbocycles. The van der Waals surface area contributed by atoms with Crippen molar-refractivity contribution in [2.75, 3.05) is 13.2 Å². The standard InChI is InChI=1S/C16H25BrN4O2Si/c1-5-6-18-16(22)12-10-21(11-23-7-8-24(2,3)4)15-14(12)20-13(17)9-19-15/h9-10H,5-8,11H2,1-4H3,(H,18,22). The lowest BCUT2D eigenvalue weighted by molar-refractivity contribution is 0.0892. The summed E-state index contributed by atoms with van der Waals surface area (Å²) in [7, 11) is -1.12. The Morgan fingerprint density at radius 1 is 1.42 bits per heavy atom. The third-order valence-electron chi connectivity index (χ3n) is 3.54. The molecule has 1 N–H and O–H groups in total. The molecule has 0 aliphatic heterocycles. The molecule has 2 aromatic rings. The first-order chi connectivity index (χ1) is 11.3. The van der Waals surface area contributed by atoms with Gasteiger partial charge in [-0.3, -0.25) is 4.79 Å². The molecule has 0 atom stereocenters. The third kappa shape index (κ3) is 5.12. The number of fused-ring (bicyclic) bond motifs is 1. The van der Waals surface area contributed by atoms with Gasteiger partial charge in [0, 0.05) is 27.4 Å². The molecule has 0 saturated heterocycles. The normalized spacial score (nSPS) is 11.9. The van der Waals surface area contributed by atoms with Crippen LogP contribution in [0.2, 0.25) is 25.7 Å². The van der Waals surface area contributed by atoms with Crippen LogP contribution in [0.3, 0.4) is 0 Å². The molecule has 0 aliphatic rings. The summed E-state index contributed by atoms with van der Waals surface area (Å²) in [6, 6.07) is 1.10. The van der Waals surface area contributed by atoms with Crippen LogP contribution >= 0.6 is 15.9 Å². The molecule has 0 unspecified atom stereocenters. The lowest BCUT2D eigenvalue weighted by Crippen LogP contribution is -2.24. The largest absolute Gasteiger partial charge is 0.361 e. The van der Waals surface area contributed by atoms with Gasteiger partial charge in [-0.1, -0.05) is 26.6 Å². The summed E-state index contributed by atoms with van der Waals surface area (Å²) in [5.41, 5.74) is 1.78. The molecule has 0 aromatic carbocycles. The Morgan fingerprint density at radius 3 is 2.83 bits per heavy atom. The van der Waals surface area contributed by atoms with Crippen LogP contribution in [0, 0.1) is 0 Å². The minimum absolute atomic E-state index is 0.130. The first-order valence-corrected chi connectivity index (χ1v) is 12.7. The Labute approximate surface area is 152 Å². The van der Waals surface area contributed by atoms with Crippen LogP contribution in [0.4, 0.5) is 0 Å². The topological polar surface area (TPSA) is 69.0 Å². The molecule has 2 aromatic heterocycles. The first-order valence-electron chi connectivity index (χ1n) is 8.19. The van der Waals surface area contributed by atoms with Crippen molar-refractivity contribution >= 4 is 41.1 Å². The van der Waals surface area contributed by atoms with Crippen LogP contribution in [0.1, 0.15) is 23.7 Å². The van der Waals surface area contributed by atoms with Crippen molar-refractivity contribution in [2.24, 2.45) is 0 Å². The maximum absolute atomic E-state index is 12.4. The van der Waals surface area contributed by atoms with E-state index in [9.17, 15) is 4.79 Å².